The molecule has 2 amide bonds. The van der Waals surface area contributed by atoms with Gasteiger partial charge in [-0.2, -0.15) is 0 Å². The van der Waals surface area contributed by atoms with Gasteiger partial charge in [-0.1, -0.05) is 18.2 Å². The predicted molar refractivity (Wildman–Crippen MR) is 103 cm³/mol. The summed E-state index contributed by atoms with van der Waals surface area (Å²) in [6.45, 7) is 1.32. The van der Waals surface area contributed by atoms with Gasteiger partial charge < -0.3 is 10.2 Å². The summed E-state index contributed by atoms with van der Waals surface area (Å²) < 4.78 is 13.3. The minimum absolute atomic E-state index is 0.0104. The molecule has 2 aliphatic rings. The summed E-state index contributed by atoms with van der Waals surface area (Å²) >= 11 is 1.57. The van der Waals surface area contributed by atoms with Crippen molar-refractivity contribution in [2.24, 2.45) is 11.8 Å². The Hall–Kier alpha value is -2.21. The molecule has 0 bridgehead atoms. The number of nitrogens with one attached hydrogen (secondary N) is 1. The average Bonchev–Trinajstić information content (AvgIpc) is 3.41. The lowest BCUT2D eigenvalue weighted by Crippen LogP contribution is -2.44. The van der Waals surface area contributed by atoms with E-state index in [1.165, 1.54) is 12.1 Å². The standard InChI is InChI=1S/C21H23FN2O2S/c22-17-7-5-14(6-8-17)19(18-2-1-13-27-18)23-20(25)15-9-11-24(12-10-15)21(26)16-3-4-16/h1-2,5-8,13,15-16,19H,3-4,9-12H2,(H,23,25)/t19-/m1/s1. The van der Waals surface area contributed by atoms with Crippen LogP contribution < -0.4 is 5.32 Å². The van der Waals surface area contributed by atoms with Gasteiger partial charge in [-0.25, -0.2) is 4.39 Å². The van der Waals surface area contributed by atoms with Crippen LogP contribution in [0.5, 0.6) is 0 Å². The van der Waals surface area contributed by atoms with Crippen molar-refractivity contribution in [3.63, 3.8) is 0 Å². The van der Waals surface area contributed by atoms with Crippen molar-refractivity contribution >= 4 is 23.2 Å². The van der Waals surface area contributed by atoms with Crippen molar-refractivity contribution in [1.29, 1.82) is 0 Å². The first-order valence-corrected chi connectivity index (χ1v) is 10.4. The molecular weight excluding hydrogens is 363 g/mol. The third-order valence-corrected chi connectivity index (χ3v) is 6.36. The first kappa shape index (κ1) is 18.2. The molecule has 1 saturated carbocycles. The first-order valence-electron chi connectivity index (χ1n) is 9.50. The van der Waals surface area contributed by atoms with Crippen LogP contribution in [0.25, 0.3) is 0 Å². The average molecular weight is 386 g/mol. The summed E-state index contributed by atoms with van der Waals surface area (Å²) in [5, 5.41) is 5.12. The van der Waals surface area contributed by atoms with Gasteiger partial charge in [-0.3, -0.25) is 9.59 Å². The van der Waals surface area contributed by atoms with E-state index in [0.717, 1.165) is 23.3 Å². The number of halogens is 1. The second-order valence-corrected chi connectivity index (χ2v) is 8.36. The van der Waals surface area contributed by atoms with Gasteiger partial charge in [0.15, 0.2) is 0 Å². The number of hydrogen-bond donors (Lipinski definition) is 1. The number of benzene rings is 1. The number of nitrogens with zero attached hydrogens (tertiary/aromatic N) is 1. The Morgan fingerprint density at radius 3 is 2.33 bits per heavy atom. The summed E-state index contributed by atoms with van der Waals surface area (Å²) in [5.41, 5.74) is 0.869. The monoisotopic (exact) mass is 386 g/mol. The molecule has 1 N–H and O–H groups in total. The molecule has 0 spiro atoms. The van der Waals surface area contributed by atoms with E-state index in [1.807, 2.05) is 22.4 Å². The predicted octanol–water partition coefficient (Wildman–Crippen LogP) is 3.74. The normalized spacial score (nSPS) is 18.9. The molecule has 6 heteroatoms. The molecule has 4 nitrogen and oxygen atoms in total. The summed E-state index contributed by atoms with van der Waals surface area (Å²) in [7, 11) is 0. The molecular formula is C21H23FN2O2S. The van der Waals surface area contributed by atoms with Gasteiger partial charge >= 0.3 is 0 Å². The maximum Gasteiger partial charge on any atom is 0.225 e. The van der Waals surface area contributed by atoms with Crippen LogP contribution in [0, 0.1) is 17.7 Å². The van der Waals surface area contributed by atoms with Crippen LogP contribution in [0.3, 0.4) is 0 Å². The lowest BCUT2D eigenvalue weighted by molar-refractivity contribution is -0.136. The van der Waals surface area contributed by atoms with Crippen LogP contribution in [0.1, 0.15) is 42.2 Å². The Morgan fingerprint density at radius 2 is 1.74 bits per heavy atom. The molecule has 4 rings (SSSR count). The van der Waals surface area contributed by atoms with Crippen LogP contribution in [0.2, 0.25) is 0 Å². The SMILES string of the molecule is O=C(N[C@H](c1ccc(F)cc1)c1cccs1)C1CCN(C(=O)C2CC2)CC1. The number of thiophene rings is 1. The van der Waals surface area contributed by atoms with Gasteiger partial charge in [-0.05, 0) is 54.8 Å². The van der Waals surface area contributed by atoms with E-state index in [1.54, 1.807) is 23.5 Å². The highest BCUT2D eigenvalue weighted by molar-refractivity contribution is 7.10. The first-order chi connectivity index (χ1) is 13.1. The Kier molecular flexibility index (Phi) is 5.25. The van der Waals surface area contributed by atoms with Crippen molar-refractivity contribution < 1.29 is 14.0 Å². The minimum Gasteiger partial charge on any atom is -0.344 e. The molecule has 2 fully saturated rings. The van der Waals surface area contributed by atoms with E-state index >= 15 is 0 Å². The van der Waals surface area contributed by atoms with Crippen LogP contribution >= 0.6 is 11.3 Å². The molecule has 27 heavy (non-hydrogen) atoms. The maximum atomic E-state index is 13.3. The molecule has 2 heterocycles. The Morgan fingerprint density at radius 1 is 1.04 bits per heavy atom. The van der Waals surface area contributed by atoms with E-state index in [-0.39, 0.29) is 35.5 Å². The third kappa shape index (κ3) is 4.21. The molecule has 1 saturated heterocycles. The second kappa shape index (κ2) is 7.80. The molecule has 1 atom stereocenters. The number of carbonyl (C=O) groups is 2. The number of hydrogen-bond acceptors (Lipinski definition) is 3. The number of rotatable bonds is 5. The fraction of sp³-hybridized carbons (Fsp3) is 0.429. The smallest absolute Gasteiger partial charge is 0.225 e. The Balaban J connectivity index is 1.41. The lowest BCUT2D eigenvalue weighted by Gasteiger charge is -2.32. The lowest BCUT2D eigenvalue weighted by atomic mass is 9.94. The minimum atomic E-state index is -0.289. The van der Waals surface area contributed by atoms with Crippen LogP contribution in [0.15, 0.2) is 41.8 Å². The van der Waals surface area contributed by atoms with E-state index in [0.29, 0.717) is 25.9 Å². The summed E-state index contributed by atoms with van der Waals surface area (Å²) in [6, 6.07) is 9.94. The molecule has 1 aliphatic carbocycles. The van der Waals surface area contributed by atoms with Gasteiger partial charge in [0.05, 0.1) is 6.04 Å². The van der Waals surface area contributed by atoms with E-state index in [9.17, 15) is 14.0 Å². The highest BCUT2D eigenvalue weighted by Gasteiger charge is 2.36. The zero-order valence-electron chi connectivity index (χ0n) is 15.1. The molecule has 1 aromatic heterocycles. The van der Waals surface area contributed by atoms with Crippen molar-refractivity contribution in [2.75, 3.05) is 13.1 Å². The van der Waals surface area contributed by atoms with Crippen molar-refractivity contribution in [2.45, 2.75) is 31.7 Å². The van der Waals surface area contributed by atoms with Crippen LogP contribution in [0.4, 0.5) is 4.39 Å². The molecule has 2 aromatic rings. The summed E-state index contributed by atoms with van der Waals surface area (Å²) in [6.07, 6.45) is 3.43. The zero-order chi connectivity index (χ0) is 18.8. The molecule has 142 valence electrons. The third-order valence-electron chi connectivity index (χ3n) is 5.42. The highest BCUT2D eigenvalue weighted by Crippen LogP contribution is 2.33. The van der Waals surface area contributed by atoms with Crippen molar-refractivity contribution in [1.82, 2.24) is 10.2 Å². The van der Waals surface area contributed by atoms with E-state index in [4.69, 9.17) is 0 Å². The molecule has 0 unspecified atom stereocenters. The molecule has 1 aliphatic heterocycles. The summed E-state index contributed by atoms with van der Waals surface area (Å²) in [4.78, 5) is 28.0. The van der Waals surface area contributed by atoms with Crippen LogP contribution in [-0.2, 0) is 9.59 Å². The summed E-state index contributed by atoms with van der Waals surface area (Å²) in [5.74, 6) is 0.129. The van der Waals surface area contributed by atoms with E-state index < -0.39 is 0 Å². The number of amides is 2. The topological polar surface area (TPSA) is 49.4 Å². The fourth-order valence-corrected chi connectivity index (χ4v) is 4.44. The second-order valence-electron chi connectivity index (χ2n) is 7.38. The quantitative estimate of drug-likeness (QED) is 0.851. The maximum absolute atomic E-state index is 13.3. The number of carbonyl (C=O) groups excluding carboxylic acids is 2. The largest absolute Gasteiger partial charge is 0.344 e. The Bertz CT molecular complexity index is 794. The molecule has 1 aromatic carbocycles. The van der Waals surface area contributed by atoms with Gasteiger partial charge in [0.25, 0.3) is 0 Å². The number of likely N-dealkylation sites (tertiary alicyclic amines) is 1. The van der Waals surface area contributed by atoms with Gasteiger partial charge in [0, 0.05) is 29.8 Å². The Labute approximate surface area is 162 Å². The van der Waals surface area contributed by atoms with Gasteiger partial charge in [-0.15, -0.1) is 11.3 Å². The molecule has 0 radical (unpaired) electrons. The van der Waals surface area contributed by atoms with Crippen molar-refractivity contribution in [3.8, 4) is 0 Å². The van der Waals surface area contributed by atoms with Crippen LogP contribution in [-0.4, -0.2) is 29.8 Å². The van der Waals surface area contributed by atoms with Gasteiger partial charge in [0.2, 0.25) is 11.8 Å². The number of piperidine rings is 1. The van der Waals surface area contributed by atoms with Gasteiger partial charge in [0.1, 0.15) is 5.82 Å². The zero-order valence-corrected chi connectivity index (χ0v) is 15.9. The highest BCUT2D eigenvalue weighted by atomic mass is 32.1. The van der Waals surface area contributed by atoms with E-state index in [2.05, 4.69) is 5.32 Å². The fourth-order valence-electron chi connectivity index (χ4n) is 3.64. The van der Waals surface area contributed by atoms with Crippen molar-refractivity contribution in [3.05, 3.63) is 58.0 Å².